The average Bonchev–Trinajstić information content (AvgIpc) is 3.52. The van der Waals surface area contributed by atoms with Gasteiger partial charge in [-0.3, -0.25) is 0 Å². The quantitative estimate of drug-likeness (QED) is 0.247. The molecule has 0 radical (unpaired) electrons. The molecule has 0 unspecified atom stereocenters. The van der Waals surface area contributed by atoms with Crippen molar-refractivity contribution in [2.75, 3.05) is 0 Å². The Bertz CT molecular complexity index is 1720. The van der Waals surface area contributed by atoms with E-state index >= 15 is 0 Å². The van der Waals surface area contributed by atoms with Crippen molar-refractivity contribution in [3.63, 3.8) is 0 Å². The van der Waals surface area contributed by atoms with E-state index in [0.717, 1.165) is 28.9 Å². The molecule has 1 spiro atoms. The lowest BCUT2D eigenvalue weighted by atomic mass is 9.38. The van der Waals surface area contributed by atoms with Crippen LogP contribution in [0.25, 0.3) is 42.9 Å². The lowest BCUT2D eigenvalue weighted by Crippen LogP contribution is -2.59. The highest BCUT2D eigenvalue weighted by atomic mass is 35.5. The molecule has 4 saturated carbocycles. The molecule has 5 aromatic rings. The van der Waals surface area contributed by atoms with E-state index in [2.05, 4.69) is 76.7 Å². The number of aromatic nitrogens is 3. The summed E-state index contributed by atoms with van der Waals surface area (Å²) in [6, 6.07) is 23.9. The molecule has 5 heteroatoms. The lowest BCUT2D eigenvalue weighted by Gasteiger charge is -2.66. The van der Waals surface area contributed by atoms with E-state index in [1.165, 1.54) is 57.8 Å². The van der Waals surface area contributed by atoms with Crippen LogP contribution in [0.1, 0.15) is 37.7 Å². The minimum absolute atomic E-state index is 0.259. The number of thiophene rings is 1. The van der Waals surface area contributed by atoms with Crippen molar-refractivity contribution in [3.05, 3.63) is 77.6 Å². The lowest BCUT2D eigenvalue weighted by molar-refractivity contribution is -0.175. The van der Waals surface area contributed by atoms with Gasteiger partial charge in [0.2, 0.25) is 5.28 Å². The number of nitrogens with zero attached hydrogens (tertiary/aromatic N) is 3. The summed E-state index contributed by atoms with van der Waals surface area (Å²) in [7, 11) is 0. The molecule has 0 N–H and O–H groups in total. The van der Waals surface area contributed by atoms with E-state index in [4.69, 9.17) is 16.6 Å². The zero-order chi connectivity index (χ0) is 23.6. The van der Waals surface area contributed by atoms with Crippen LogP contribution in [0.3, 0.4) is 0 Å². The number of hydrogen-bond donors (Lipinski definition) is 0. The summed E-state index contributed by atoms with van der Waals surface area (Å²) in [6.07, 6.45) is 6.96. The zero-order valence-electron chi connectivity index (χ0n) is 19.7. The van der Waals surface area contributed by atoms with Crippen LogP contribution >= 0.6 is 22.9 Å². The molecule has 4 aliphatic rings. The Balaban J connectivity index is 1.18. The molecule has 2 aromatic heterocycles. The van der Waals surface area contributed by atoms with Crippen molar-refractivity contribution in [1.29, 1.82) is 0 Å². The minimum atomic E-state index is 0.259. The molecule has 4 fully saturated rings. The minimum Gasteiger partial charge on any atom is -0.208 e. The Labute approximate surface area is 218 Å². The second-order valence-electron chi connectivity index (χ2n) is 11.6. The van der Waals surface area contributed by atoms with Crippen LogP contribution in [-0.4, -0.2) is 15.0 Å². The van der Waals surface area contributed by atoms with Gasteiger partial charge in [0.05, 0.1) is 0 Å². The fourth-order valence-electron chi connectivity index (χ4n) is 9.00. The van der Waals surface area contributed by atoms with E-state index in [9.17, 15) is 0 Å². The van der Waals surface area contributed by atoms with Crippen molar-refractivity contribution in [2.45, 2.75) is 37.5 Å². The highest BCUT2D eigenvalue weighted by Gasteiger charge is 2.77. The van der Waals surface area contributed by atoms with E-state index in [-0.39, 0.29) is 10.7 Å². The molecule has 3 nitrogen and oxygen atoms in total. The first kappa shape index (κ1) is 20.3. The zero-order valence-corrected chi connectivity index (χ0v) is 21.3. The van der Waals surface area contributed by atoms with Crippen molar-refractivity contribution in [2.24, 2.45) is 23.2 Å². The van der Waals surface area contributed by atoms with Gasteiger partial charge in [0.1, 0.15) is 0 Å². The third-order valence-corrected chi connectivity index (χ3v) is 11.6. The van der Waals surface area contributed by atoms with Gasteiger partial charge in [-0.1, -0.05) is 42.5 Å². The molecular formula is C31H24ClN3S. The standard InChI is InChI=1S/C31H24ClN3S/c32-29-34-27(17-9-10-26-23(11-17)21-5-2-4-8-25(21)36-26)33-28(35-29)22-6-1-3-7-24(22)30-14-19-12-18-13-20(15-30)31(18,19)16-30/h1-11,18-20H,12-16H2/t18?,19-,20-,30?,31?/m0/s1. The Morgan fingerprint density at radius 2 is 1.50 bits per heavy atom. The van der Waals surface area contributed by atoms with E-state index < -0.39 is 0 Å². The van der Waals surface area contributed by atoms with Gasteiger partial charge in [-0.2, -0.15) is 9.97 Å². The second-order valence-corrected chi connectivity index (χ2v) is 13.1. The summed E-state index contributed by atoms with van der Waals surface area (Å²) >= 11 is 8.38. The molecule has 2 atom stereocenters. The monoisotopic (exact) mass is 505 g/mol. The van der Waals surface area contributed by atoms with Gasteiger partial charge in [0.15, 0.2) is 11.6 Å². The summed E-state index contributed by atoms with van der Waals surface area (Å²) in [5.74, 6) is 4.23. The number of fused-ring (bicyclic) bond motifs is 4. The molecule has 3 aromatic carbocycles. The molecule has 0 aliphatic heterocycles. The Hall–Kier alpha value is -2.82. The van der Waals surface area contributed by atoms with Crippen molar-refractivity contribution >= 4 is 43.1 Å². The largest absolute Gasteiger partial charge is 0.226 e. The molecule has 9 rings (SSSR count). The van der Waals surface area contributed by atoms with Crippen molar-refractivity contribution < 1.29 is 0 Å². The van der Waals surface area contributed by atoms with Crippen LogP contribution in [0.5, 0.6) is 0 Å². The summed E-state index contributed by atoms with van der Waals surface area (Å²) in [4.78, 5) is 14.3. The van der Waals surface area contributed by atoms with Crippen LogP contribution in [0.4, 0.5) is 0 Å². The highest BCUT2D eigenvalue weighted by Crippen LogP contribution is 2.84. The molecule has 176 valence electrons. The predicted molar refractivity (Wildman–Crippen MR) is 146 cm³/mol. The maximum Gasteiger partial charge on any atom is 0.226 e. The van der Waals surface area contributed by atoms with Gasteiger partial charge < -0.3 is 0 Å². The van der Waals surface area contributed by atoms with Crippen molar-refractivity contribution in [3.8, 4) is 22.8 Å². The fourth-order valence-corrected chi connectivity index (χ4v) is 10.2. The van der Waals surface area contributed by atoms with Gasteiger partial charge in [-0.25, -0.2) is 4.98 Å². The van der Waals surface area contributed by atoms with E-state index in [1.54, 1.807) is 0 Å². The van der Waals surface area contributed by atoms with Crippen LogP contribution in [0, 0.1) is 23.2 Å². The molecule has 0 amide bonds. The number of halogens is 1. The van der Waals surface area contributed by atoms with Crippen LogP contribution in [0.2, 0.25) is 5.28 Å². The smallest absolute Gasteiger partial charge is 0.208 e. The van der Waals surface area contributed by atoms with Gasteiger partial charge in [0.25, 0.3) is 0 Å². The van der Waals surface area contributed by atoms with Gasteiger partial charge in [0, 0.05) is 31.3 Å². The fraction of sp³-hybridized carbons (Fsp3) is 0.323. The average molecular weight is 506 g/mol. The first-order chi connectivity index (χ1) is 17.6. The number of hydrogen-bond acceptors (Lipinski definition) is 4. The maximum absolute atomic E-state index is 6.56. The molecular weight excluding hydrogens is 482 g/mol. The van der Waals surface area contributed by atoms with Crippen LogP contribution in [-0.2, 0) is 5.41 Å². The third kappa shape index (κ3) is 2.43. The van der Waals surface area contributed by atoms with Crippen molar-refractivity contribution in [1.82, 2.24) is 15.0 Å². The number of rotatable bonds is 3. The molecule has 0 saturated heterocycles. The second kappa shape index (κ2) is 6.73. The Kier molecular flexibility index (Phi) is 3.79. The molecule has 2 bridgehead atoms. The van der Waals surface area contributed by atoms with Gasteiger partial charge >= 0.3 is 0 Å². The van der Waals surface area contributed by atoms with Crippen LogP contribution in [0.15, 0.2) is 66.7 Å². The molecule has 2 heterocycles. The van der Waals surface area contributed by atoms with Gasteiger partial charge in [-0.15, -0.1) is 11.3 Å². The molecule has 36 heavy (non-hydrogen) atoms. The molecule has 4 aliphatic carbocycles. The summed E-state index contributed by atoms with van der Waals surface area (Å²) < 4.78 is 2.57. The first-order valence-corrected chi connectivity index (χ1v) is 14.3. The third-order valence-electron chi connectivity index (χ3n) is 10.3. The summed E-state index contributed by atoms with van der Waals surface area (Å²) in [6.45, 7) is 0. The normalized spacial score (nSPS) is 31.4. The topological polar surface area (TPSA) is 38.7 Å². The Morgan fingerprint density at radius 3 is 2.33 bits per heavy atom. The van der Waals surface area contributed by atoms with E-state index in [0.29, 0.717) is 17.1 Å². The van der Waals surface area contributed by atoms with Crippen LogP contribution < -0.4 is 0 Å². The maximum atomic E-state index is 6.56. The van der Waals surface area contributed by atoms with Gasteiger partial charge in [-0.05, 0) is 102 Å². The first-order valence-electron chi connectivity index (χ1n) is 13.1. The summed E-state index contributed by atoms with van der Waals surface area (Å²) in [5, 5.41) is 2.77. The number of benzene rings is 3. The highest BCUT2D eigenvalue weighted by molar-refractivity contribution is 7.25. The SMILES string of the molecule is Clc1nc(-c2ccc3sc4ccccc4c3c2)nc(-c2ccccc2C23C[C@@H]4CC5C[C@@H](C2)C54C3)n1. The predicted octanol–water partition coefficient (Wildman–Crippen LogP) is 8.30. The van der Waals surface area contributed by atoms with E-state index in [1.807, 2.05) is 11.3 Å². The summed E-state index contributed by atoms with van der Waals surface area (Å²) in [5.41, 5.74) is 4.51. The Morgan fingerprint density at radius 1 is 0.750 bits per heavy atom.